The molecule has 1 N–H and O–H groups in total. The molecule has 9 heteroatoms. The molecule has 0 saturated heterocycles. The van der Waals surface area contributed by atoms with Gasteiger partial charge in [-0.25, -0.2) is 13.9 Å². The molecule has 4 nitrogen and oxygen atoms in total. The number of carboxylic acids is 1. The van der Waals surface area contributed by atoms with Crippen molar-refractivity contribution in [1.29, 1.82) is 0 Å². The molecule has 0 amide bonds. The van der Waals surface area contributed by atoms with Gasteiger partial charge in [-0.1, -0.05) is 11.6 Å². The monoisotopic (exact) mass is 308 g/mol. The predicted molar refractivity (Wildman–Crippen MR) is 60.5 cm³/mol. The third-order valence-electron chi connectivity index (χ3n) is 2.41. The highest BCUT2D eigenvalue weighted by atomic mass is 35.5. The quantitative estimate of drug-likeness (QED) is 0.865. The molecule has 2 rings (SSSR count). The van der Waals surface area contributed by atoms with E-state index >= 15 is 0 Å². The van der Waals surface area contributed by atoms with Crippen LogP contribution in [0.1, 0.15) is 16.1 Å². The summed E-state index contributed by atoms with van der Waals surface area (Å²) in [5, 5.41) is 11.8. The molecular weight excluding hydrogens is 304 g/mol. The standard InChI is InChI=1S/C11H5ClF4N2O2/c12-7-3-5(13)1-2-8(7)18-9(11(14,15)16)6(4-17-18)10(19)20/h1-4H,(H,19,20). The molecule has 0 fully saturated rings. The second-order valence-corrected chi connectivity index (χ2v) is 4.12. The van der Waals surface area contributed by atoms with E-state index in [1.165, 1.54) is 0 Å². The largest absolute Gasteiger partial charge is 0.478 e. The fraction of sp³-hybridized carbons (Fsp3) is 0.0909. The van der Waals surface area contributed by atoms with Crippen LogP contribution in [0.4, 0.5) is 17.6 Å². The lowest BCUT2D eigenvalue weighted by molar-refractivity contribution is -0.143. The van der Waals surface area contributed by atoms with Crippen LogP contribution in [0, 0.1) is 5.82 Å². The van der Waals surface area contributed by atoms with E-state index in [1.54, 1.807) is 0 Å². The van der Waals surface area contributed by atoms with E-state index in [4.69, 9.17) is 16.7 Å². The van der Waals surface area contributed by atoms with Gasteiger partial charge in [-0.3, -0.25) is 0 Å². The number of rotatable bonds is 2. The number of carbonyl (C=O) groups is 1. The second kappa shape index (κ2) is 4.78. The van der Waals surface area contributed by atoms with Gasteiger partial charge >= 0.3 is 12.1 Å². The molecule has 0 aliphatic rings. The zero-order valence-corrected chi connectivity index (χ0v) is 10.2. The molecule has 1 aromatic heterocycles. The van der Waals surface area contributed by atoms with Gasteiger partial charge in [-0.15, -0.1) is 0 Å². The van der Waals surface area contributed by atoms with Gasteiger partial charge in [-0.05, 0) is 18.2 Å². The van der Waals surface area contributed by atoms with Crippen molar-refractivity contribution in [3.63, 3.8) is 0 Å². The smallest absolute Gasteiger partial charge is 0.434 e. The zero-order valence-electron chi connectivity index (χ0n) is 9.45. The van der Waals surface area contributed by atoms with Crippen molar-refractivity contribution < 1.29 is 27.5 Å². The lowest BCUT2D eigenvalue weighted by Gasteiger charge is -2.12. The van der Waals surface area contributed by atoms with Crippen molar-refractivity contribution in [2.45, 2.75) is 6.18 Å². The predicted octanol–water partition coefficient (Wildman–Crippen LogP) is 3.38. The Balaban J connectivity index is 2.72. The van der Waals surface area contributed by atoms with Gasteiger partial charge in [0.25, 0.3) is 0 Å². The van der Waals surface area contributed by atoms with E-state index in [1.807, 2.05) is 0 Å². The van der Waals surface area contributed by atoms with Gasteiger partial charge in [-0.2, -0.15) is 18.3 Å². The summed E-state index contributed by atoms with van der Waals surface area (Å²) >= 11 is 5.66. The van der Waals surface area contributed by atoms with Crippen molar-refractivity contribution in [1.82, 2.24) is 9.78 Å². The molecule has 0 aliphatic carbocycles. The second-order valence-electron chi connectivity index (χ2n) is 3.72. The van der Waals surface area contributed by atoms with Gasteiger partial charge in [0.2, 0.25) is 0 Å². The maximum absolute atomic E-state index is 13.0. The number of halogens is 5. The van der Waals surface area contributed by atoms with E-state index in [0.29, 0.717) is 10.9 Å². The molecule has 0 spiro atoms. The average Bonchev–Trinajstić information content (AvgIpc) is 2.73. The summed E-state index contributed by atoms with van der Waals surface area (Å²) in [5.41, 5.74) is -2.77. The molecule has 0 aliphatic heterocycles. The average molecular weight is 309 g/mol. The molecule has 0 saturated carbocycles. The molecule has 0 bridgehead atoms. The normalized spacial score (nSPS) is 11.7. The van der Waals surface area contributed by atoms with Crippen LogP contribution in [0.2, 0.25) is 5.02 Å². The summed E-state index contributed by atoms with van der Waals surface area (Å²) in [6.07, 6.45) is -4.40. The first-order chi connectivity index (χ1) is 9.21. The minimum Gasteiger partial charge on any atom is -0.478 e. The summed E-state index contributed by atoms with van der Waals surface area (Å²) in [6, 6.07) is 2.67. The molecule has 20 heavy (non-hydrogen) atoms. The van der Waals surface area contributed by atoms with Crippen LogP contribution in [0.3, 0.4) is 0 Å². The van der Waals surface area contributed by atoms with Crippen LogP contribution in [0.25, 0.3) is 5.69 Å². The third kappa shape index (κ3) is 2.46. The third-order valence-corrected chi connectivity index (χ3v) is 2.71. The van der Waals surface area contributed by atoms with Gasteiger partial charge in [0.1, 0.15) is 11.4 Å². The van der Waals surface area contributed by atoms with Crippen molar-refractivity contribution >= 4 is 17.6 Å². The number of alkyl halides is 3. The summed E-state index contributed by atoms with van der Waals surface area (Å²) < 4.78 is 52.1. The van der Waals surface area contributed by atoms with E-state index in [0.717, 1.165) is 18.2 Å². The fourth-order valence-corrected chi connectivity index (χ4v) is 1.86. The molecular formula is C11H5ClF4N2O2. The van der Waals surface area contributed by atoms with Crippen molar-refractivity contribution in [2.24, 2.45) is 0 Å². The van der Waals surface area contributed by atoms with Crippen LogP contribution in [-0.2, 0) is 6.18 Å². The maximum atomic E-state index is 13.0. The van der Waals surface area contributed by atoms with Crippen molar-refractivity contribution in [2.75, 3.05) is 0 Å². The van der Waals surface area contributed by atoms with Crippen LogP contribution in [-0.4, -0.2) is 20.9 Å². The highest BCUT2D eigenvalue weighted by Gasteiger charge is 2.40. The Kier molecular flexibility index (Phi) is 3.43. The fourth-order valence-electron chi connectivity index (χ4n) is 1.61. The van der Waals surface area contributed by atoms with Gasteiger partial charge < -0.3 is 5.11 Å². The first kappa shape index (κ1) is 14.3. The number of carboxylic acid groups (broad SMARTS) is 1. The van der Waals surface area contributed by atoms with Crippen LogP contribution in [0.5, 0.6) is 0 Å². The molecule has 0 unspecified atom stereocenters. The minimum absolute atomic E-state index is 0.270. The molecule has 1 aromatic carbocycles. The lowest BCUT2D eigenvalue weighted by Crippen LogP contribution is -2.17. The van der Waals surface area contributed by atoms with Gasteiger partial charge in [0.15, 0.2) is 5.69 Å². The van der Waals surface area contributed by atoms with Gasteiger partial charge in [0, 0.05) is 0 Å². The van der Waals surface area contributed by atoms with Crippen molar-refractivity contribution in [3.8, 4) is 5.69 Å². The summed E-state index contributed by atoms with van der Waals surface area (Å²) in [7, 11) is 0. The Hall–Kier alpha value is -2.09. The first-order valence-corrected chi connectivity index (χ1v) is 5.43. The highest BCUT2D eigenvalue weighted by Crippen LogP contribution is 2.35. The van der Waals surface area contributed by atoms with Crippen LogP contribution in [0.15, 0.2) is 24.4 Å². The number of hydrogen-bond acceptors (Lipinski definition) is 2. The van der Waals surface area contributed by atoms with E-state index in [9.17, 15) is 22.4 Å². The Morgan fingerprint density at radius 3 is 2.50 bits per heavy atom. The molecule has 0 radical (unpaired) electrons. The maximum Gasteiger partial charge on any atom is 0.434 e. The van der Waals surface area contributed by atoms with Gasteiger partial charge in [0.05, 0.1) is 16.9 Å². The molecule has 0 atom stereocenters. The Labute approximate surface area is 114 Å². The zero-order chi connectivity index (χ0) is 15.1. The number of nitrogens with zero attached hydrogens (tertiary/aromatic N) is 2. The summed E-state index contributed by atoms with van der Waals surface area (Å²) in [5.74, 6) is -2.51. The topological polar surface area (TPSA) is 55.1 Å². The van der Waals surface area contributed by atoms with E-state index in [-0.39, 0.29) is 10.7 Å². The number of benzene rings is 1. The Morgan fingerprint density at radius 2 is 2.00 bits per heavy atom. The van der Waals surface area contributed by atoms with E-state index in [2.05, 4.69) is 5.10 Å². The number of hydrogen-bond donors (Lipinski definition) is 1. The molecule has 106 valence electrons. The lowest BCUT2D eigenvalue weighted by atomic mass is 10.2. The number of aromatic nitrogens is 2. The summed E-state index contributed by atoms with van der Waals surface area (Å²) in [6.45, 7) is 0. The SMILES string of the molecule is O=C(O)c1cnn(-c2ccc(F)cc2Cl)c1C(F)(F)F. The highest BCUT2D eigenvalue weighted by molar-refractivity contribution is 6.32. The minimum atomic E-state index is -4.96. The van der Waals surface area contributed by atoms with Crippen molar-refractivity contribution in [3.05, 3.63) is 46.5 Å². The van der Waals surface area contributed by atoms with Crippen LogP contribution >= 0.6 is 11.6 Å². The molecule has 1 heterocycles. The Bertz CT molecular complexity index is 682. The first-order valence-electron chi connectivity index (χ1n) is 5.05. The number of aromatic carboxylic acids is 1. The van der Waals surface area contributed by atoms with E-state index < -0.39 is 29.2 Å². The van der Waals surface area contributed by atoms with Crippen LogP contribution < -0.4 is 0 Å². The Morgan fingerprint density at radius 1 is 1.35 bits per heavy atom. The molecule has 2 aromatic rings. The summed E-state index contributed by atoms with van der Waals surface area (Å²) in [4.78, 5) is 10.8.